The normalized spacial score (nSPS) is 52.0. The summed E-state index contributed by atoms with van der Waals surface area (Å²) in [6, 6.07) is 0. The highest BCUT2D eigenvalue weighted by Crippen LogP contribution is 2.62. The molecule has 4 rings (SSSR count). The maximum Gasteiger partial charge on any atom is 0.225 e. The molecule has 0 amide bonds. The van der Waals surface area contributed by atoms with Crippen molar-refractivity contribution in [3.8, 4) is 0 Å². The fraction of sp³-hybridized carbons (Fsp3) is 0.800. The van der Waals surface area contributed by atoms with Gasteiger partial charge in [-0.3, -0.25) is 9.59 Å². The second-order valence-electron chi connectivity index (χ2n) is 8.99. The average molecular weight is 348 g/mol. The van der Waals surface area contributed by atoms with E-state index in [0.29, 0.717) is 24.9 Å². The van der Waals surface area contributed by atoms with Crippen LogP contribution in [0.5, 0.6) is 0 Å². The highest BCUT2D eigenvalue weighted by molar-refractivity contribution is 5.94. The number of epoxide rings is 1. The summed E-state index contributed by atoms with van der Waals surface area (Å²) in [5.41, 5.74) is -0.167. The van der Waals surface area contributed by atoms with Gasteiger partial charge in [-0.1, -0.05) is 26.8 Å². The number of aldehydes is 1. The Kier molecular flexibility index (Phi) is 3.81. The van der Waals surface area contributed by atoms with Gasteiger partial charge in [-0.05, 0) is 60.3 Å². The lowest BCUT2D eigenvalue weighted by atomic mass is 9.46. The first-order valence-corrected chi connectivity index (χ1v) is 9.45. The highest BCUT2D eigenvalue weighted by atomic mass is 16.7. The van der Waals surface area contributed by atoms with Crippen molar-refractivity contribution in [3.05, 3.63) is 11.6 Å². The third kappa shape index (κ3) is 2.25. The predicted octanol–water partition coefficient (Wildman–Crippen LogP) is 2.41. The zero-order chi connectivity index (χ0) is 18.0. The molecule has 0 bridgehead atoms. The number of aliphatic hydroxyl groups is 1. The van der Waals surface area contributed by atoms with Crippen molar-refractivity contribution in [2.45, 2.75) is 70.9 Å². The monoisotopic (exact) mass is 348 g/mol. The molecule has 2 aliphatic carbocycles. The zero-order valence-electron chi connectivity index (χ0n) is 15.3. The minimum atomic E-state index is -1.36. The first-order valence-electron chi connectivity index (χ1n) is 9.45. The van der Waals surface area contributed by atoms with E-state index in [2.05, 4.69) is 26.8 Å². The topological polar surface area (TPSA) is 76.1 Å². The van der Waals surface area contributed by atoms with Crippen molar-refractivity contribution in [2.24, 2.45) is 22.7 Å². The molecule has 2 aliphatic heterocycles. The van der Waals surface area contributed by atoms with Crippen molar-refractivity contribution < 1.29 is 24.2 Å². The lowest BCUT2D eigenvalue weighted by molar-refractivity contribution is -0.148. The fourth-order valence-electron chi connectivity index (χ4n) is 5.96. The number of ketones is 1. The van der Waals surface area contributed by atoms with Gasteiger partial charge in [0.05, 0.1) is 6.61 Å². The summed E-state index contributed by atoms with van der Waals surface area (Å²) >= 11 is 0. The van der Waals surface area contributed by atoms with Gasteiger partial charge in [0, 0.05) is 0 Å². The lowest BCUT2D eigenvalue weighted by Gasteiger charge is -2.58. The molecule has 0 aromatic carbocycles. The van der Waals surface area contributed by atoms with E-state index in [-0.39, 0.29) is 16.6 Å². The molecule has 1 unspecified atom stereocenters. The molecule has 25 heavy (non-hydrogen) atoms. The van der Waals surface area contributed by atoms with Crippen molar-refractivity contribution in [3.63, 3.8) is 0 Å². The van der Waals surface area contributed by atoms with Crippen LogP contribution in [0.3, 0.4) is 0 Å². The van der Waals surface area contributed by atoms with Crippen molar-refractivity contribution >= 4 is 12.1 Å². The van der Waals surface area contributed by atoms with Crippen LogP contribution in [0.2, 0.25) is 0 Å². The summed E-state index contributed by atoms with van der Waals surface area (Å²) in [5.74, 6) is 0.495. The Balaban J connectivity index is 1.66. The van der Waals surface area contributed by atoms with Gasteiger partial charge in [-0.2, -0.15) is 0 Å². The van der Waals surface area contributed by atoms with E-state index in [0.717, 1.165) is 37.5 Å². The number of hydrogen-bond donors (Lipinski definition) is 1. The van der Waals surface area contributed by atoms with Gasteiger partial charge >= 0.3 is 0 Å². The second kappa shape index (κ2) is 5.48. The summed E-state index contributed by atoms with van der Waals surface area (Å²) in [7, 11) is 0. The first-order chi connectivity index (χ1) is 11.8. The van der Waals surface area contributed by atoms with Crippen LogP contribution in [0.25, 0.3) is 0 Å². The van der Waals surface area contributed by atoms with Crippen molar-refractivity contribution in [1.29, 1.82) is 0 Å². The van der Waals surface area contributed by atoms with E-state index in [1.807, 2.05) is 0 Å². The number of rotatable bonds is 3. The van der Waals surface area contributed by atoms with Crippen molar-refractivity contribution in [2.75, 3.05) is 6.61 Å². The molecular formula is C20H28O5. The molecule has 4 aliphatic rings. The van der Waals surface area contributed by atoms with E-state index >= 15 is 0 Å². The Labute approximate surface area is 148 Å². The number of carbonyl (C=O) groups excluding carboxylic acids is 2. The van der Waals surface area contributed by atoms with E-state index in [1.54, 1.807) is 0 Å². The molecular weight excluding hydrogens is 320 g/mol. The van der Waals surface area contributed by atoms with Crippen LogP contribution in [-0.4, -0.2) is 41.8 Å². The van der Waals surface area contributed by atoms with Crippen LogP contribution in [0, 0.1) is 22.7 Å². The lowest BCUT2D eigenvalue weighted by Crippen LogP contribution is -2.52. The molecule has 7 atom stereocenters. The van der Waals surface area contributed by atoms with Gasteiger partial charge in [0.2, 0.25) is 12.1 Å². The Morgan fingerprint density at radius 2 is 2.08 bits per heavy atom. The third-order valence-electron chi connectivity index (χ3n) is 7.93. The number of hydrogen-bond acceptors (Lipinski definition) is 5. The van der Waals surface area contributed by atoms with Gasteiger partial charge in [0.1, 0.15) is 12.4 Å². The molecule has 0 aromatic rings. The SMILES string of the molecule is C[C@@H]1CC[C@]2(C)C(C=O)=CCC[C@H]2[C@]1(C)C[C@H]1OC(O)C(=O)[C@]12CO2. The Bertz CT molecular complexity index is 636. The van der Waals surface area contributed by atoms with E-state index in [4.69, 9.17) is 9.47 Å². The molecule has 0 aromatic heterocycles. The van der Waals surface area contributed by atoms with E-state index in [1.165, 1.54) is 0 Å². The standard InChI is InChI=1S/C20H28O5/c1-12-7-8-18(2)13(10-21)5-4-6-14(18)19(12,3)9-15-20(11-24-20)16(22)17(23)25-15/h5,10,12,14-15,17,23H,4,6-9,11H2,1-3H3/t12-,14-,15-,17?,18-,19-,20+/m1/s1. The van der Waals surface area contributed by atoms with E-state index in [9.17, 15) is 14.7 Å². The summed E-state index contributed by atoms with van der Waals surface area (Å²) in [6.45, 7) is 7.12. The first kappa shape index (κ1) is 17.4. The van der Waals surface area contributed by atoms with Gasteiger partial charge in [-0.25, -0.2) is 0 Å². The zero-order valence-corrected chi connectivity index (χ0v) is 15.3. The minimum absolute atomic E-state index is 0.0660. The number of ether oxygens (including phenoxy) is 2. The van der Waals surface area contributed by atoms with E-state index < -0.39 is 18.0 Å². The van der Waals surface area contributed by atoms with Gasteiger partial charge in [-0.15, -0.1) is 0 Å². The second-order valence-corrected chi connectivity index (χ2v) is 8.99. The molecule has 1 N–H and O–H groups in total. The predicted molar refractivity (Wildman–Crippen MR) is 90.7 cm³/mol. The highest BCUT2D eigenvalue weighted by Gasteiger charge is 2.68. The summed E-state index contributed by atoms with van der Waals surface area (Å²) < 4.78 is 11.1. The summed E-state index contributed by atoms with van der Waals surface area (Å²) in [5, 5.41) is 9.88. The van der Waals surface area contributed by atoms with Crippen LogP contribution in [0.1, 0.15) is 52.9 Å². The van der Waals surface area contributed by atoms with Gasteiger partial charge in [0.15, 0.2) is 5.60 Å². The summed E-state index contributed by atoms with van der Waals surface area (Å²) in [6.07, 6.45) is 6.10. The number of aliphatic hydroxyl groups excluding tert-OH is 1. The van der Waals surface area contributed by atoms with Gasteiger partial charge in [0.25, 0.3) is 0 Å². The third-order valence-corrected chi connectivity index (χ3v) is 7.93. The van der Waals surface area contributed by atoms with Crippen LogP contribution in [0.15, 0.2) is 11.6 Å². The van der Waals surface area contributed by atoms with Crippen LogP contribution >= 0.6 is 0 Å². The summed E-state index contributed by atoms with van der Waals surface area (Å²) in [4.78, 5) is 23.9. The van der Waals surface area contributed by atoms with Crippen molar-refractivity contribution in [1.82, 2.24) is 0 Å². The number of allylic oxidation sites excluding steroid dienone is 2. The van der Waals surface area contributed by atoms with Gasteiger partial charge < -0.3 is 14.6 Å². The smallest absolute Gasteiger partial charge is 0.225 e. The molecule has 2 heterocycles. The molecule has 0 radical (unpaired) electrons. The quantitative estimate of drug-likeness (QED) is 0.626. The van der Waals surface area contributed by atoms with Crippen LogP contribution in [0.4, 0.5) is 0 Å². The molecule has 1 saturated carbocycles. The molecule has 5 heteroatoms. The molecule has 2 saturated heterocycles. The Morgan fingerprint density at radius 3 is 2.72 bits per heavy atom. The molecule has 1 spiro atoms. The van der Waals surface area contributed by atoms with Crippen LogP contribution < -0.4 is 0 Å². The maximum atomic E-state index is 12.2. The van der Waals surface area contributed by atoms with Crippen LogP contribution in [-0.2, 0) is 19.1 Å². The largest absolute Gasteiger partial charge is 0.362 e. The minimum Gasteiger partial charge on any atom is -0.362 e. The average Bonchev–Trinajstić information content (AvgIpc) is 3.35. The number of carbonyl (C=O) groups is 2. The Morgan fingerprint density at radius 1 is 1.36 bits per heavy atom. The number of fused-ring (bicyclic) bond motifs is 1. The molecule has 138 valence electrons. The molecule has 5 nitrogen and oxygen atoms in total. The number of Topliss-reactive ketones (excluding diaryl/α,β-unsaturated/α-hetero) is 1. The Hall–Kier alpha value is -1.04. The molecule has 3 fully saturated rings. The fourth-order valence-corrected chi connectivity index (χ4v) is 5.96. The maximum absolute atomic E-state index is 12.2.